The van der Waals surface area contributed by atoms with E-state index in [1.54, 1.807) is 12.1 Å². The average molecular weight is 274 g/mol. The van der Waals surface area contributed by atoms with Gasteiger partial charge >= 0.3 is 0 Å². The van der Waals surface area contributed by atoms with Crippen molar-refractivity contribution >= 4 is 28.4 Å². The molecule has 0 bridgehead atoms. The summed E-state index contributed by atoms with van der Waals surface area (Å²) < 4.78 is 5.76. The molecule has 0 saturated carbocycles. The maximum Gasteiger partial charge on any atom is 0.154 e. The van der Waals surface area contributed by atoms with Crippen LogP contribution in [0.5, 0.6) is 0 Å². The van der Waals surface area contributed by atoms with Gasteiger partial charge in [0.2, 0.25) is 0 Å². The fourth-order valence-corrected chi connectivity index (χ4v) is 2.18. The molecule has 1 aromatic carbocycles. The Kier molecular flexibility index (Phi) is 2.87. The summed E-state index contributed by atoms with van der Waals surface area (Å²) in [4.78, 5) is 8.57. The molecule has 0 atom stereocenters. The average Bonchev–Trinajstić information content (AvgIpc) is 2.83. The number of aromatic nitrogens is 2. The molecule has 96 valence electrons. The Morgan fingerprint density at radius 1 is 1.26 bits per heavy atom. The van der Waals surface area contributed by atoms with Crippen molar-refractivity contribution in [3.8, 4) is 11.5 Å². The third-order valence-corrected chi connectivity index (χ3v) is 3.15. The van der Waals surface area contributed by atoms with Gasteiger partial charge in [-0.25, -0.2) is 9.97 Å². The zero-order valence-corrected chi connectivity index (χ0v) is 11.1. The molecule has 4 nitrogen and oxygen atoms in total. The number of para-hydroxylation sites is 1. The molecule has 5 heteroatoms. The Balaban J connectivity index is 2.19. The minimum atomic E-state index is 0.438. The molecule has 2 heterocycles. The summed E-state index contributed by atoms with van der Waals surface area (Å²) in [5, 5.41) is 1.53. The van der Waals surface area contributed by atoms with E-state index in [2.05, 4.69) is 9.97 Å². The molecule has 3 aromatic rings. The predicted octanol–water partition coefficient (Wildman–Crippen LogP) is 3.69. The highest BCUT2D eigenvalue weighted by atomic mass is 35.5. The van der Waals surface area contributed by atoms with E-state index in [0.29, 0.717) is 33.7 Å². The molecule has 0 aliphatic heterocycles. The molecule has 0 saturated heterocycles. The van der Waals surface area contributed by atoms with Crippen molar-refractivity contribution in [2.24, 2.45) is 0 Å². The number of nitrogens with zero attached hydrogens (tertiary/aromatic N) is 2. The van der Waals surface area contributed by atoms with E-state index in [1.165, 1.54) is 0 Å². The van der Waals surface area contributed by atoms with Gasteiger partial charge in [0.1, 0.15) is 17.3 Å². The molecule has 0 aliphatic rings. The molecular weight excluding hydrogens is 262 g/mol. The summed E-state index contributed by atoms with van der Waals surface area (Å²) in [5.41, 5.74) is 7.12. The van der Waals surface area contributed by atoms with Crippen LogP contribution < -0.4 is 5.73 Å². The molecular formula is C14H12ClN3O. The monoisotopic (exact) mass is 273 g/mol. The van der Waals surface area contributed by atoms with Gasteiger partial charge in [-0.05, 0) is 12.1 Å². The lowest BCUT2D eigenvalue weighted by Crippen LogP contribution is -1.99. The molecule has 19 heavy (non-hydrogen) atoms. The second-order valence-electron chi connectivity index (χ2n) is 4.22. The molecule has 0 unspecified atom stereocenters. The zero-order chi connectivity index (χ0) is 13.4. The van der Waals surface area contributed by atoms with E-state index in [9.17, 15) is 0 Å². The van der Waals surface area contributed by atoms with Crippen molar-refractivity contribution in [3.05, 3.63) is 41.2 Å². The molecule has 0 fully saturated rings. The number of furan rings is 1. The zero-order valence-electron chi connectivity index (χ0n) is 10.4. The molecule has 2 N–H and O–H groups in total. The first-order valence-electron chi connectivity index (χ1n) is 5.99. The quantitative estimate of drug-likeness (QED) is 0.773. The van der Waals surface area contributed by atoms with Crippen LogP contribution in [0.25, 0.3) is 22.4 Å². The summed E-state index contributed by atoms with van der Waals surface area (Å²) in [6, 6.07) is 9.23. The van der Waals surface area contributed by atoms with Gasteiger partial charge in [0, 0.05) is 17.9 Å². The highest BCUT2D eigenvalue weighted by molar-refractivity contribution is 6.34. The van der Waals surface area contributed by atoms with Crippen molar-refractivity contribution < 1.29 is 4.42 Å². The number of anilines is 1. The number of aryl methyl sites for hydroxylation is 1. The van der Waals surface area contributed by atoms with Crippen molar-refractivity contribution in [1.29, 1.82) is 0 Å². The summed E-state index contributed by atoms with van der Waals surface area (Å²) in [7, 11) is 0. The largest absolute Gasteiger partial charge is 0.453 e. The molecule has 0 radical (unpaired) electrons. The number of fused-ring (bicyclic) bond motifs is 1. The highest BCUT2D eigenvalue weighted by Crippen LogP contribution is 2.31. The third kappa shape index (κ3) is 2.15. The number of hydrogen-bond donors (Lipinski definition) is 1. The van der Waals surface area contributed by atoms with Gasteiger partial charge in [-0.3, -0.25) is 0 Å². The fraction of sp³-hybridized carbons (Fsp3) is 0.143. The van der Waals surface area contributed by atoms with E-state index in [4.69, 9.17) is 21.8 Å². The summed E-state index contributed by atoms with van der Waals surface area (Å²) in [6.07, 6.45) is 0.721. The molecule has 0 aliphatic carbocycles. The Morgan fingerprint density at radius 3 is 2.84 bits per heavy atom. The van der Waals surface area contributed by atoms with Gasteiger partial charge in [-0.15, -0.1) is 0 Å². The van der Waals surface area contributed by atoms with E-state index >= 15 is 0 Å². The second kappa shape index (κ2) is 4.55. The van der Waals surface area contributed by atoms with E-state index in [0.717, 1.165) is 11.8 Å². The fourth-order valence-electron chi connectivity index (χ4n) is 1.96. The van der Waals surface area contributed by atoms with E-state index in [1.807, 2.05) is 25.1 Å². The topological polar surface area (TPSA) is 64.9 Å². The van der Waals surface area contributed by atoms with Gasteiger partial charge in [-0.1, -0.05) is 30.7 Å². The minimum absolute atomic E-state index is 0.438. The first-order valence-corrected chi connectivity index (χ1v) is 6.37. The van der Waals surface area contributed by atoms with Crippen LogP contribution >= 0.6 is 11.6 Å². The van der Waals surface area contributed by atoms with Crippen LogP contribution in [0.4, 0.5) is 5.82 Å². The highest BCUT2D eigenvalue weighted by Gasteiger charge is 2.11. The molecule has 0 spiro atoms. The number of benzene rings is 1. The number of nitrogens with two attached hydrogens (primary N) is 1. The van der Waals surface area contributed by atoms with Crippen LogP contribution in [-0.2, 0) is 6.42 Å². The standard InChI is InChI=1S/C14H12ClN3O/c1-2-13-17-10(7-12(16)18-13)11-6-8-4-3-5-9(15)14(8)19-11/h3-7H,2H2,1H3,(H2,16,17,18). The first-order chi connectivity index (χ1) is 9.17. The number of hydrogen-bond acceptors (Lipinski definition) is 4. The Morgan fingerprint density at radius 2 is 2.11 bits per heavy atom. The van der Waals surface area contributed by atoms with Gasteiger partial charge in [0.15, 0.2) is 11.3 Å². The lowest BCUT2D eigenvalue weighted by atomic mass is 10.2. The van der Waals surface area contributed by atoms with Crippen molar-refractivity contribution in [2.45, 2.75) is 13.3 Å². The third-order valence-electron chi connectivity index (χ3n) is 2.86. The summed E-state index contributed by atoms with van der Waals surface area (Å²) >= 11 is 6.10. The lowest BCUT2D eigenvalue weighted by Gasteiger charge is -2.01. The Labute approximate surface area is 115 Å². The summed E-state index contributed by atoms with van der Waals surface area (Å²) in [6.45, 7) is 1.98. The van der Waals surface area contributed by atoms with Crippen molar-refractivity contribution in [2.75, 3.05) is 5.73 Å². The maximum absolute atomic E-state index is 6.10. The first kappa shape index (κ1) is 12.0. The van der Waals surface area contributed by atoms with Crippen LogP contribution in [0.15, 0.2) is 34.7 Å². The lowest BCUT2D eigenvalue weighted by molar-refractivity contribution is 0.628. The van der Waals surface area contributed by atoms with Gasteiger partial charge in [0.05, 0.1) is 5.02 Å². The predicted molar refractivity (Wildman–Crippen MR) is 76.0 cm³/mol. The van der Waals surface area contributed by atoms with Crippen LogP contribution in [0.2, 0.25) is 5.02 Å². The van der Waals surface area contributed by atoms with Gasteiger partial charge in [-0.2, -0.15) is 0 Å². The molecule has 2 aromatic heterocycles. The van der Waals surface area contributed by atoms with Crippen LogP contribution in [0.1, 0.15) is 12.7 Å². The maximum atomic E-state index is 6.10. The smallest absolute Gasteiger partial charge is 0.154 e. The van der Waals surface area contributed by atoms with Gasteiger partial charge < -0.3 is 10.2 Å². The van der Waals surface area contributed by atoms with E-state index in [-0.39, 0.29) is 0 Å². The SMILES string of the molecule is CCc1nc(N)cc(-c2cc3cccc(Cl)c3o2)n1. The summed E-state index contributed by atoms with van der Waals surface area (Å²) in [5.74, 6) is 1.78. The van der Waals surface area contributed by atoms with Gasteiger partial charge in [0.25, 0.3) is 0 Å². The Bertz CT molecular complexity index is 752. The number of nitrogen functional groups attached to an aromatic ring is 1. The Hall–Kier alpha value is -2.07. The normalized spacial score (nSPS) is 11.1. The van der Waals surface area contributed by atoms with Crippen molar-refractivity contribution in [3.63, 3.8) is 0 Å². The van der Waals surface area contributed by atoms with Crippen LogP contribution in [0, 0.1) is 0 Å². The minimum Gasteiger partial charge on any atom is -0.453 e. The van der Waals surface area contributed by atoms with Crippen molar-refractivity contribution in [1.82, 2.24) is 9.97 Å². The second-order valence-corrected chi connectivity index (χ2v) is 4.62. The van der Waals surface area contributed by atoms with Crippen LogP contribution in [0.3, 0.4) is 0 Å². The van der Waals surface area contributed by atoms with E-state index < -0.39 is 0 Å². The number of rotatable bonds is 2. The number of halogens is 1. The van der Waals surface area contributed by atoms with Crippen LogP contribution in [-0.4, -0.2) is 9.97 Å². The molecule has 0 amide bonds. The molecule has 3 rings (SSSR count).